The van der Waals surface area contributed by atoms with E-state index < -0.39 is 5.97 Å². The molecular formula is C24H22O4. The van der Waals surface area contributed by atoms with Gasteiger partial charge in [-0.05, 0) is 35.8 Å². The van der Waals surface area contributed by atoms with Gasteiger partial charge in [0.15, 0.2) is 11.5 Å². The zero-order chi connectivity index (χ0) is 19.9. The van der Waals surface area contributed by atoms with Crippen LogP contribution in [0.1, 0.15) is 34.0 Å². The number of ether oxygens (including phenoxy) is 2. The van der Waals surface area contributed by atoms with Gasteiger partial charge in [-0.25, -0.2) is 4.79 Å². The standard InChI is InChI=1S/C24H22O4/c1-17(2)21-13-20(24(25)26)14-22(27-15-18-9-5-3-6-10-18)23(21)28-16-19-11-7-4-8-12-19/h3-14H,1,15-16H2,2H3,(H,25,26). The van der Waals surface area contributed by atoms with Crippen molar-refractivity contribution in [1.82, 2.24) is 0 Å². The van der Waals surface area contributed by atoms with Gasteiger partial charge in [-0.1, -0.05) is 67.2 Å². The molecule has 0 aliphatic rings. The predicted molar refractivity (Wildman–Crippen MR) is 110 cm³/mol. The van der Waals surface area contributed by atoms with E-state index in [0.717, 1.165) is 11.1 Å². The number of carboxylic acids is 1. The summed E-state index contributed by atoms with van der Waals surface area (Å²) < 4.78 is 12.0. The van der Waals surface area contributed by atoms with Gasteiger partial charge in [0.25, 0.3) is 0 Å². The Balaban J connectivity index is 1.95. The Morgan fingerprint density at radius 1 is 0.893 bits per heavy atom. The zero-order valence-corrected chi connectivity index (χ0v) is 15.7. The van der Waals surface area contributed by atoms with E-state index in [1.165, 1.54) is 6.07 Å². The number of rotatable bonds is 8. The summed E-state index contributed by atoms with van der Waals surface area (Å²) in [5.74, 6) is -0.142. The predicted octanol–water partition coefficient (Wildman–Crippen LogP) is 5.58. The average Bonchev–Trinajstić information content (AvgIpc) is 2.71. The van der Waals surface area contributed by atoms with E-state index in [1.807, 2.05) is 67.6 Å². The third kappa shape index (κ3) is 4.80. The van der Waals surface area contributed by atoms with E-state index >= 15 is 0 Å². The maximum absolute atomic E-state index is 11.6. The topological polar surface area (TPSA) is 55.8 Å². The Hall–Kier alpha value is -3.53. The second kappa shape index (κ2) is 8.91. The summed E-state index contributed by atoms with van der Waals surface area (Å²) in [5, 5.41) is 9.47. The highest BCUT2D eigenvalue weighted by atomic mass is 16.5. The number of carbonyl (C=O) groups is 1. The number of aromatic carboxylic acids is 1. The normalized spacial score (nSPS) is 10.3. The SMILES string of the molecule is C=C(C)c1cc(C(=O)O)cc(OCc2ccccc2)c1OCc1ccccc1. The molecule has 0 aliphatic heterocycles. The van der Waals surface area contributed by atoms with Crippen LogP contribution in [0.25, 0.3) is 5.57 Å². The first-order chi connectivity index (χ1) is 13.5. The van der Waals surface area contributed by atoms with Crippen LogP contribution in [0.5, 0.6) is 11.5 Å². The summed E-state index contributed by atoms with van der Waals surface area (Å²) in [6.07, 6.45) is 0. The minimum atomic E-state index is -1.03. The van der Waals surface area contributed by atoms with Crippen LogP contribution in [0.15, 0.2) is 79.4 Å². The molecule has 0 radical (unpaired) electrons. The number of hydrogen-bond donors (Lipinski definition) is 1. The molecule has 3 aromatic carbocycles. The maximum Gasteiger partial charge on any atom is 0.335 e. The Morgan fingerprint density at radius 3 is 1.93 bits per heavy atom. The van der Waals surface area contributed by atoms with Crippen molar-refractivity contribution in [2.24, 2.45) is 0 Å². The van der Waals surface area contributed by atoms with Gasteiger partial charge in [-0.15, -0.1) is 0 Å². The van der Waals surface area contributed by atoms with E-state index in [4.69, 9.17) is 9.47 Å². The molecule has 4 nitrogen and oxygen atoms in total. The maximum atomic E-state index is 11.6. The molecule has 0 amide bonds. The van der Waals surface area contributed by atoms with Gasteiger partial charge in [0.05, 0.1) is 5.56 Å². The molecule has 1 N–H and O–H groups in total. The van der Waals surface area contributed by atoms with Crippen LogP contribution >= 0.6 is 0 Å². The molecule has 142 valence electrons. The van der Waals surface area contributed by atoms with Crippen molar-refractivity contribution in [1.29, 1.82) is 0 Å². The molecule has 0 spiro atoms. The first-order valence-corrected chi connectivity index (χ1v) is 8.95. The lowest BCUT2D eigenvalue weighted by Gasteiger charge is -2.18. The molecule has 0 unspecified atom stereocenters. The molecule has 0 atom stereocenters. The van der Waals surface area contributed by atoms with Crippen LogP contribution in [-0.2, 0) is 13.2 Å². The molecular weight excluding hydrogens is 352 g/mol. The Kier molecular flexibility index (Phi) is 6.12. The van der Waals surface area contributed by atoms with Gasteiger partial charge < -0.3 is 14.6 Å². The molecule has 0 bridgehead atoms. The van der Waals surface area contributed by atoms with Crippen molar-refractivity contribution in [3.8, 4) is 11.5 Å². The Labute approximate surface area is 164 Å². The van der Waals surface area contributed by atoms with Gasteiger partial charge in [-0.3, -0.25) is 0 Å². The molecule has 0 aliphatic carbocycles. The molecule has 0 saturated heterocycles. The first-order valence-electron chi connectivity index (χ1n) is 8.95. The lowest BCUT2D eigenvalue weighted by atomic mass is 10.0. The summed E-state index contributed by atoms with van der Waals surface area (Å²) in [6.45, 7) is 6.44. The lowest BCUT2D eigenvalue weighted by Crippen LogP contribution is -2.06. The second-order valence-electron chi connectivity index (χ2n) is 6.49. The summed E-state index contributed by atoms with van der Waals surface area (Å²) in [6, 6.07) is 22.5. The number of benzene rings is 3. The molecule has 3 rings (SSSR count). The second-order valence-corrected chi connectivity index (χ2v) is 6.49. The highest BCUT2D eigenvalue weighted by molar-refractivity contribution is 5.90. The zero-order valence-electron chi connectivity index (χ0n) is 15.7. The summed E-state index contributed by atoms with van der Waals surface area (Å²) in [5.41, 5.74) is 3.45. The Bertz CT molecular complexity index is 963. The number of carboxylic acid groups (broad SMARTS) is 1. The van der Waals surface area contributed by atoms with Crippen molar-refractivity contribution >= 4 is 11.5 Å². The van der Waals surface area contributed by atoms with Crippen molar-refractivity contribution in [3.05, 3.63) is 102 Å². The van der Waals surface area contributed by atoms with Crippen molar-refractivity contribution < 1.29 is 19.4 Å². The highest BCUT2D eigenvalue weighted by Gasteiger charge is 2.18. The highest BCUT2D eigenvalue weighted by Crippen LogP contribution is 2.37. The lowest BCUT2D eigenvalue weighted by molar-refractivity contribution is 0.0696. The minimum Gasteiger partial charge on any atom is -0.485 e. The molecule has 4 heteroatoms. The van der Waals surface area contributed by atoms with E-state index in [2.05, 4.69) is 6.58 Å². The fraction of sp³-hybridized carbons (Fsp3) is 0.125. The molecule has 0 aromatic heterocycles. The van der Waals surface area contributed by atoms with Crippen molar-refractivity contribution in [3.63, 3.8) is 0 Å². The number of allylic oxidation sites excluding steroid dienone is 1. The molecule has 3 aromatic rings. The molecule has 0 heterocycles. The summed E-state index contributed by atoms with van der Waals surface area (Å²) in [4.78, 5) is 11.6. The van der Waals surface area contributed by atoms with Crippen LogP contribution in [0.2, 0.25) is 0 Å². The quantitative estimate of drug-likeness (QED) is 0.559. The largest absolute Gasteiger partial charge is 0.485 e. The van der Waals surface area contributed by atoms with Crippen LogP contribution in [0.4, 0.5) is 0 Å². The molecule has 0 saturated carbocycles. The number of hydrogen-bond acceptors (Lipinski definition) is 3. The van der Waals surface area contributed by atoms with E-state index in [0.29, 0.717) is 35.8 Å². The van der Waals surface area contributed by atoms with Crippen molar-refractivity contribution in [2.75, 3.05) is 0 Å². The van der Waals surface area contributed by atoms with Crippen molar-refractivity contribution in [2.45, 2.75) is 20.1 Å². The first kappa shape index (κ1) is 19.2. The van der Waals surface area contributed by atoms with E-state index in [1.54, 1.807) is 6.07 Å². The van der Waals surface area contributed by atoms with Crippen LogP contribution in [0, 0.1) is 0 Å². The fourth-order valence-corrected chi connectivity index (χ4v) is 2.76. The van der Waals surface area contributed by atoms with Gasteiger partial charge in [0.2, 0.25) is 0 Å². The third-order valence-corrected chi connectivity index (χ3v) is 4.22. The summed E-state index contributed by atoms with van der Waals surface area (Å²) >= 11 is 0. The van der Waals surface area contributed by atoms with Crippen LogP contribution in [-0.4, -0.2) is 11.1 Å². The smallest absolute Gasteiger partial charge is 0.335 e. The average molecular weight is 374 g/mol. The molecule has 28 heavy (non-hydrogen) atoms. The van der Waals surface area contributed by atoms with E-state index in [-0.39, 0.29) is 5.56 Å². The Morgan fingerprint density at radius 2 is 1.43 bits per heavy atom. The minimum absolute atomic E-state index is 0.133. The van der Waals surface area contributed by atoms with Gasteiger partial charge in [-0.2, -0.15) is 0 Å². The fourth-order valence-electron chi connectivity index (χ4n) is 2.76. The summed E-state index contributed by atoms with van der Waals surface area (Å²) in [7, 11) is 0. The monoisotopic (exact) mass is 374 g/mol. The van der Waals surface area contributed by atoms with Gasteiger partial charge in [0.1, 0.15) is 13.2 Å². The van der Waals surface area contributed by atoms with Crippen LogP contribution in [0.3, 0.4) is 0 Å². The van der Waals surface area contributed by atoms with Crippen LogP contribution < -0.4 is 9.47 Å². The van der Waals surface area contributed by atoms with E-state index in [9.17, 15) is 9.90 Å². The molecule has 0 fully saturated rings. The third-order valence-electron chi connectivity index (χ3n) is 4.22. The van der Waals surface area contributed by atoms with Gasteiger partial charge in [0, 0.05) is 5.56 Å². The van der Waals surface area contributed by atoms with Gasteiger partial charge >= 0.3 is 5.97 Å².